The molecular formula is C24H16BrIN2O7S. The molecule has 0 aliphatic carbocycles. The first-order valence-electron chi connectivity index (χ1n) is 10.1. The zero-order valence-corrected chi connectivity index (χ0v) is 23.0. The van der Waals surface area contributed by atoms with Crippen molar-refractivity contribution in [3.63, 3.8) is 0 Å². The van der Waals surface area contributed by atoms with Crippen LogP contribution in [0.5, 0.6) is 11.5 Å². The number of anilines is 1. The van der Waals surface area contributed by atoms with Crippen LogP contribution in [0.1, 0.15) is 5.56 Å². The molecule has 1 saturated heterocycles. The lowest BCUT2D eigenvalue weighted by Gasteiger charge is -2.26. The quantitative estimate of drug-likeness (QED) is 0.176. The Morgan fingerprint density at radius 1 is 1.00 bits per heavy atom. The molecule has 1 N–H and O–H groups in total. The van der Waals surface area contributed by atoms with Gasteiger partial charge in [0.05, 0.1) is 16.4 Å². The third-order valence-electron chi connectivity index (χ3n) is 4.97. The average Bonchev–Trinajstić information content (AvgIpc) is 2.84. The lowest BCUT2D eigenvalue weighted by Crippen LogP contribution is -2.54. The molecule has 12 heteroatoms. The van der Waals surface area contributed by atoms with Gasteiger partial charge in [-0.2, -0.15) is 8.42 Å². The Morgan fingerprint density at radius 2 is 1.67 bits per heavy atom. The number of amides is 4. The van der Waals surface area contributed by atoms with E-state index in [1.54, 1.807) is 42.5 Å². The maximum atomic E-state index is 13.1. The SMILES string of the molecule is COc1cc(/C=C2\C(=O)NC(=O)N(c3ccc(Br)cc3)C2=O)cc(I)c1OS(=O)(=O)c1ccccc1. The lowest BCUT2D eigenvalue weighted by atomic mass is 10.1. The molecule has 0 aromatic heterocycles. The van der Waals surface area contributed by atoms with Gasteiger partial charge in [-0.1, -0.05) is 34.1 Å². The Balaban J connectivity index is 1.70. The van der Waals surface area contributed by atoms with Crippen molar-refractivity contribution in [2.24, 2.45) is 0 Å². The second kappa shape index (κ2) is 10.4. The van der Waals surface area contributed by atoms with E-state index in [4.69, 9.17) is 8.92 Å². The third-order valence-corrected chi connectivity index (χ3v) is 7.54. The van der Waals surface area contributed by atoms with E-state index in [1.165, 1.54) is 37.5 Å². The second-order valence-corrected chi connectivity index (χ2v) is 10.9. The van der Waals surface area contributed by atoms with Crippen molar-refractivity contribution >= 4 is 78.2 Å². The Kier molecular flexibility index (Phi) is 7.47. The number of barbiturate groups is 1. The van der Waals surface area contributed by atoms with E-state index in [0.717, 1.165) is 9.37 Å². The number of rotatable bonds is 6. The molecule has 4 amide bonds. The molecule has 1 aliphatic heterocycles. The van der Waals surface area contributed by atoms with Crippen LogP contribution in [-0.4, -0.2) is 33.4 Å². The lowest BCUT2D eigenvalue weighted by molar-refractivity contribution is -0.122. The minimum Gasteiger partial charge on any atom is -0.493 e. The number of imide groups is 2. The van der Waals surface area contributed by atoms with Crippen LogP contribution in [0.4, 0.5) is 10.5 Å². The molecule has 3 aromatic rings. The van der Waals surface area contributed by atoms with Crippen LogP contribution < -0.4 is 19.1 Å². The van der Waals surface area contributed by atoms with E-state index < -0.39 is 28.0 Å². The highest BCUT2D eigenvalue weighted by atomic mass is 127. The van der Waals surface area contributed by atoms with Crippen LogP contribution in [0, 0.1) is 3.57 Å². The molecule has 0 unspecified atom stereocenters. The first-order valence-corrected chi connectivity index (χ1v) is 13.4. The zero-order chi connectivity index (χ0) is 26.0. The van der Waals surface area contributed by atoms with Crippen LogP contribution in [-0.2, 0) is 19.7 Å². The summed E-state index contributed by atoms with van der Waals surface area (Å²) in [6, 6.07) is 16.1. The Hall–Kier alpha value is -3.23. The minimum atomic E-state index is -4.14. The van der Waals surface area contributed by atoms with Crippen LogP contribution in [0.3, 0.4) is 0 Å². The van der Waals surface area contributed by atoms with E-state index in [1.807, 2.05) is 22.6 Å². The summed E-state index contributed by atoms with van der Waals surface area (Å²) in [7, 11) is -2.81. The monoisotopic (exact) mass is 682 g/mol. The third kappa shape index (κ3) is 5.29. The minimum absolute atomic E-state index is 0.0313. The van der Waals surface area contributed by atoms with Crippen molar-refractivity contribution < 1.29 is 31.7 Å². The van der Waals surface area contributed by atoms with Gasteiger partial charge in [0.25, 0.3) is 11.8 Å². The highest BCUT2D eigenvalue weighted by Crippen LogP contribution is 2.37. The van der Waals surface area contributed by atoms with Gasteiger partial charge in [-0.15, -0.1) is 0 Å². The molecule has 1 aliphatic rings. The van der Waals surface area contributed by atoms with Crippen molar-refractivity contribution in [2.75, 3.05) is 12.0 Å². The standard InChI is InChI=1S/C24H16BrIN2O7S/c1-34-20-13-14(12-19(26)21(20)35-36(32,33)17-5-3-2-4-6-17)11-18-22(29)27-24(31)28(23(18)30)16-9-7-15(25)8-10-16/h2-13H,1H3,(H,27,29,31)/b18-11+. The molecule has 36 heavy (non-hydrogen) atoms. The topological polar surface area (TPSA) is 119 Å². The number of nitrogens with one attached hydrogen (secondary N) is 1. The first-order chi connectivity index (χ1) is 17.1. The summed E-state index contributed by atoms with van der Waals surface area (Å²) in [6.45, 7) is 0. The molecule has 0 radical (unpaired) electrons. The molecule has 3 aromatic carbocycles. The van der Waals surface area contributed by atoms with Crippen molar-refractivity contribution in [1.29, 1.82) is 0 Å². The highest BCUT2D eigenvalue weighted by Gasteiger charge is 2.37. The maximum absolute atomic E-state index is 13.1. The summed E-state index contributed by atoms with van der Waals surface area (Å²) in [5, 5.41) is 2.16. The number of benzene rings is 3. The van der Waals surface area contributed by atoms with Gasteiger partial charge in [-0.05, 0) is 82.8 Å². The number of methoxy groups -OCH3 is 1. The van der Waals surface area contributed by atoms with Crippen LogP contribution in [0.15, 0.2) is 81.7 Å². The number of urea groups is 1. The summed E-state index contributed by atoms with van der Waals surface area (Å²) in [6.07, 6.45) is 1.29. The summed E-state index contributed by atoms with van der Waals surface area (Å²) < 4.78 is 37.2. The number of ether oxygens (including phenoxy) is 1. The molecule has 9 nitrogen and oxygen atoms in total. The van der Waals surface area contributed by atoms with E-state index >= 15 is 0 Å². The van der Waals surface area contributed by atoms with Crippen molar-refractivity contribution in [3.8, 4) is 11.5 Å². The zero-order valence-electron chi connectivity index (χ0n) is 18.4. The van der Waals surface area contributed by atoms with E-state index in [0.29, 0.717) is 9.13 Å². The van der Waals surface area contributed by atoms with Crippen LogP contribution in [0.25, 0.3) is 6.08 Å². The van der Waals surface area contributed by atoms with Gasteiger partial charge in [-0.25, -0.2) is 9.69 Å². The number of nitrogens with zero attached hydrogens (tertiary/aromatic N) is 1. The summed E-state index contributed by atoms with van der Waals surface area (Å²) in [5.74, 6) is -1.65. The molecule has 184 valence electrons. The normalized spacial score (nSPS) is 15.1. The maximum Gasteiger partial charge on any atom is 0.339 e. The van der Waals surface area contributed by atoms with E-state index in [9.17, 15) is 22.8 Å². The molecule has 0 spiro atoms. The predicted molar refractivity (Wildman–Crippen MR) is 143 cm³/mol. The van der Waals surface area contributed by atoms with Gasteiger partial charge < -0.3 is 8.92 Å². The van der Waals surface area contributed by atoms with Crippen molar-refractivity contribution in [2.45, 2.75) is 4.90 Å². The van der Waals surface area contributed by atoms with Crippen molar-refractivity contribution in [3.05, 3.63) is 85.9 Å². The summed E-state index contributed by atoms with van der Waals surface area (Å²) >= 11 is 5.16. The Morgan fingerprint density at radius 3 is 2.31 bits per heavy atom. The first kappa shape index (κ1) is 25.9. The number of hydrogen-bond donors (Lipinski definition) is 1. The Bertz CT molecular complexity index is 1510. The van der Waals surface area contributed by atoms with Gasteiger partial charge in [0.1, 0.15) is 10.5 Å². The van der Waals surface area contributed by atoms with Gasteiger partial charge in [0.15, 0.2) is 11.5 Å². The fourth-order valence-electron chi connectivity index (χ4n) is 3.30. The van der Waals surface area contributed by atoms with E-state index in [2.05, 4.69) is 21.2 Å². The number of hydrogen-bond acceptors (Lipinski definition) is 7. The molecule has 0 saturated carbocycles. The van der Waals surface area contributed by atoms with Crippen LogP contribution in [0.2, 0.25) is 0 Å². The Labute approximate surface area is 228 Å². The predicted octanol–water partition coefficient (Wildman–Crippen LogP) is 4.50. The second-order valence-electron chi connectivity index (χ2n) is 7.32. The molecule has 0 atom stereocenters. The fraction of sp³-hybridized carbons (Fsp3) is 0.0417. The molecule has 1 heterocycles. The number of carbonyl (C=O) groups excluding carboxylic acids is 3. The summed E-state index contributed by atoms with van der Waals surface area (Å²) in [5.41, 5.74) is 0.339. The summed E-state index contributed by atoms with van der Waals surface area (Å²) in [4.78, 5) is 38.8. The molecule has 4 rings (SSSR count). The average molecular weight is 683 g/mol. The van der Waals surface area contributed by atoms with Gasteiger partial charge in [0, 0.05) is 4.47 Å². The largest absolute Gasteiger partial charge is 0.493 e. The van der Waals surface area contributed by atoms with Crippen molar-refractivity contribution in [1.82, 2.24) is 5.32 Å². The van der Waals surface area contributed by atoms with Crippen LogP contribution >= 0.6 is 38.5 Å². The number of halogens is 2. The number of carbonyl (C=O) groups is 3. The fourth-order valence-corrected chi connectivity index (χ4v) is 5.43. The molecule has 0 bridgehead atoms. The van der Waals surface area contributed by atoms with E-state index in [-0.39, 0.29) is 27.7 Å². The highest BCUT2D eigenvalue weighted by molar-refractivity contribution is 14.1. The van der Waals surface area contributed by atoms with Gasteiger partial charge in [-0.3, -0.25) is 14.9 Å². The van der Waals surface area contributed by atoms with Gasteiger partial charge in [0.2, 0.25) is 0 Å². The molecule has 1 fully saturated rings. The molecular weight excluding hydrogens is 667 g/mol. The van der Waals surface area contributed by atoms with Gasteiger partial charge >= 0.3 is 16.1 Å². The smallest absolute Gasteiger partial charge is 0.339 e.